The molecule has 1 aliphatic rings. The van der Waals surface area contributed by atoms with Crippen LogP contribution in [0.5, 0.6) is 0 Å². The third kappa shape index (κ3) is 3.51. The van der Waals surface area contributed by atoms with E-state index in [2.05, 4.69) is 21.2 Å². The Bertz CT molecular complexity index is 804. The van der Waals surface area contributed by atoms with E-state index in [0.29, 0.717) is 6.54 Å². The number of benzene rings is 2. The molecule has 1 aliphatic heterocycles. The van der Waals surface area contributed by atoms with Crippen molar-refractivity contribution in [1.82, 2.24) is 0 Å². The maximum atomic E-state index is 12.5. The average Bonchev–Trinajstić information content (AvgIpc) is 2.92. The highest BCUT2D eigenvalue weighted by atomic mass is 79.9. The van der Waals surface area contributed by atoms with Gasteiger partial charge in [0, 0.05) is 28.8 Å². The number of amides is 2. The molecule has 0 aromatic heterocycles. The molecule has 3 rings (SSSR count). The van der Waals surface area contributed by atoms with Crippen LogP contribution in [0.15, 0.2) is 46.9 Å². The van der Waals surface area contributed by atoms with E-state index in [4.69, 9.17) is 0 Å². The molecule has 0 aliphatic carbocycles. The van der Waals surface area contributed by atoms with Crippen molar-refractivity contribution in [2.45, 2.75) is 20.3 Å². The molecule has 0 radical (unpaired) electrons. The van der Waals surface area contributed by atoms with Gasteiger partial charge in [0.2, 0.25) is 11.8 Å². The molecule has 1 saturated heterocycles. The fraction of sp³-hybridized carbons (Fsp3) is 0.263. The number of anilines is 2. The number of carbonyl (C=O) groups is 2. The zero-order valence-electron chi connectivity index (χ0n) is 13.7. The highest BCUT2D eigenvalue weighted by molar-refractivity contribution is 9.10. The van der Waals surface area contributed by atoms with E-state index >= 15 is 0 Å². The summed E-state index contributed by atoms with van der Waals surface area (Å²) >= 11 is 3.41. The van der Waals surface area contributed by atoms with Crippen molar-refractivity contribution >= 4 is 39.1 Å². The highest BCUT2D eigenvalue weighted by Gasteiger charge is 2.35. The number of aryl methyl sites for hydroxylation is 2. The second-order valence-electron chi connectivity index (χ2n) is 6.19. The van der Waals surface area contributed by atoms with Crippen LogP contribution in [0.25, 0.3) is 0 Å². The molecular weight excluding hydrogens is 368 g/mol. The fourth-order valence-corrected chi connectivity index (χ4v) is 3.41. The van der Waals surface area contributed by atoms with Crippen molar-refractivity contribution in [3.63, 3.8) is 0 Å². The molecule has 1 N–H and O–H groups in total. The van der Waals surface area contributed by atoms with Gasteiger partial charge in [0.25, 0.3) is 0 Å². The highest BCUT2D eigenvalue weighted by Crippen LogP contribution is 2.27. The molecule has 0 saturated carbocycles. The lowest BCUT2D eigenvalue weighted by atomic mass is 10.1. The Balaban J connectivity index is 1.72. The van der Waals surface area contributed by atoms with Gasteiger partial charge >= 0.3 is 0 Å². The van der Waals surface area contributed by atoms with Gasteiger partial charge in [-0.1, -0.05) is 28.1 Å². The molecule has 1 atom stereocenters. The van der Waals surface area contributed by atoms with Crippen molar-refractivity contribution < 1.29 is 9.59 Å². The summed E-state index contributed by atoms with van der Waals surface area (Å²) in [5.41, 5.74) is 3.72. The van der Waals surface area contributed by atoms with Crippen LogP contribution in [-0.4, -0.2) is 18.4 Å². The summed E-state index contributed by atoms with van der Waals surface area (Å²) in [5.74, 6) is -0.446. The molecule has 24 heavy (non-hydrogen) atoms. The second-order valence-corrected chi connectivity index (χ2v) is 7.11. The third-order valence-electron chi connectivity index (χ3n) is 4.26. The predicted molar refractivity (Wildman–Crippen MR) is 99.1 cm³/mol. The van der Waals surface area contributed by atoms with Crippen molar-refractivity contribution in [3.8, 4) is 0 Å². The molecule has 0 spiro atoms. The topological polar surface area (TPSA) is 49.4 Å². The molecule has 1 unspecified atom stereocenters. The third-order valence-corrected chi connectivity index (χ3v) is 4.75. The molecule has 4 nitrogen and oxygen atoms in total. The second kappa shape index (κ2) is 6.77. The number of halogens is 1. The molecular formula is C19H19BrN2O2. The van der Waals surface area contributed by atoms with Crippen molar-refractivity contribution in [3.05, 3.63) is 58.1 Å². The number of nitrogens with zero attached hydrogens (tertiary/aromatic N) is 1. The van der Waals surface area contributed by atoms with Crippen LogP contribution in [0.4, 0.5) is 11.4 Å². The lowest BCUT2D eigenvalue weighted by Crippen LogP contribution is -2.28. The molecule has 1 heterocycles. The quantitative estimate of drug-likeness (QED) is 0.864. The van der Waals surface area contributed by atoms with Crippen LogP contribution in [0, 0.1) is 19.8 Å². The Morgan fingerprint density at radius 1 is 1.21 bits per heavy atom. The SMILES string of the molecule is Cc1cccc(N2CC(C(=O)Nc3ccc(Br)cc3C)CC2=O)c1. The first-order chi connectivity index (χ1) is 11.4. The lowest BCUT2D eigenvalue weighted by molar-refractivity contribution is -0.122. The number of rotatable bonds is 3. The largest absolute Gasteiger partial charge is 0.326 e. The van der Waals surface area contributed by atoms with Gasteiger partial charge < -0.3 is 10.2 Å². The minimum Gasteiger partial charge on any atom is -0.326 e. The van der Waals surface area contributed by atoms with E-state index in [1.165, 1.54) is 0 Å². The van der Waals surface area contributed by atoms with Crippen LogP contribution in [0.2, 0.25) is 0 Å². The smallest absolute Gasteiger partial charge is 0.229 e. The Morgan fingerprint density at radius 3 is 2.71 bits per heavy atom. The average molecular weight is 387 g/mol. The maximum Gasteiger partial charge on any atom is 0.229 e. The van der Waals surface area contributed by atoms with Gasteiger partial charge in [-0.15, -0.1) is 0 Å². The van der Waals surface area contributed by atoms with E-state index in [1.54, 1.807) is 4.90 Å². The van der Waals surface area contributed by atoms with Gasteiger partial charge in [0.1, 0.15) is 0 Å². The summed E-state index contributed by atoms with van der Waals surface area (Å²) < 4.78 is 0.972. The fourth-order valence-electron chi connectivity index (χ4n) is 2.93. The summed E-state index contributed by atoms with van der Waals surface area (Å²) in [4.78, 5) is 26.5. The molecule has 1 fully saturated rings. The van der Waals surface area contributed by atoms with Crippen molar-refractivity contribution in [2.75, 3.05) is 16.8 Å². The normalized spacial score (nSPS) is 17.2. The van der Waals surface area contributed by atoms with E-state index in [9.17, 15) is 9.59 Å². The number of nitrogens with one attached hydrogen (secondary N) is 1. The summed E-state index contributed by atoms with van der Waals surface area (Å²) in [5, 5.41) is 2.94. The van der Waals surface area contributed by atoms with Crippen LogP contribution in [0.3, 0.4) is 0 Å². The summed E-state index contributed by atoms with van der Waals surface area (Å²) in [6.45, 7) is 4.35. The van der Waals surface area contributed by atoms with Crippen molar-refractivity contribution in [1.29, 1.82) is 0 Å². The Kier molecular flexibility index (Phi) is 4.71. The van der Waals surface area contributed by atoms with E-state index in [1.807, 2.05) is 56.3 Å². The van der Waals surface area contributed by atoms with E-state index < -0.39 is 0 Å². The summed E-state index contributed by atoms with van der Waals surface area (Å²) in [6, 6.07) is 13.5. The molecule has 2 amide bonds. The van der Waals surface area contributed by atoms with Gasteiger partial charge in [0.05, 0.1) is 5.92 Å². The Labute approximate surface area is 150 Å². The van der Waals surface area contributed by atoms with Gasteiger partial charge in [-0.2, -0.15) is 0 Å². The molecule has 2 aromatic carbocycles. The first-order valence-corrected chi connectivity index (χ1v) is 8.67. The van der Waals surface area contributed by atoms with Gasteiger partial charge in [0.15, 0.2) is 0 Å². The zero-order chi connectivity index (χ0) is 17.3. The van der Waals surface area contributed by atoms with Crippen LogP contribution in [-0.2, 0) is 9.59 Å². The maximum absolute atomic E-state index is 12.5. The summed E-state index contributed by atoms with van der Waals surface area (Å²) in [7, 11) is 0. The minimum absolute atomic E-state index is 0.00622. The minimum atomic E-state index is -0.332. The first-order valence-electron chi connectivity index (χ1n) is 7.88. The molecule has 5 heteroatoms. The monoisotopic (exact) mass is 386 g/mol. The van der Waals surface area contributed by atoms with Crippen LogP contribution < -0.4 is 10.2 Å². The zero-order valence-corrected chi connectivity index (χ0v) is 15.3. The van der Waals surface area contributed by atoms with E-state index in [-0.39, 0.29) is 24.2 Å². The number of hydrogen-bond donors (Lipinski definition) is 1. The van der Waals surface area contributed by atoms with E-state index in [0.717, 1.165) is 27.0 Å². The van der Waals surface area contributed by atoms with Gasteiger partial charge in [-0.25, -0.2) is 0 Å². The predicted octanol–water partition coefficient (Wildman–Crippen LogP) is 4.06. The standard InChI is InChI=1S/C19H19BrN2O2/c1-12-4-3-5-16(8-12)22-11-14(10-18(22)23)19(24)21-17-7-6-15(20)9-13(17)2/h3-9,14H,10-11H2,1-2H3,(H,21,24). The summed E-state index contributed by atoms with van der Waals surface area (Å²) in [6.07, 6.45) is 0.245. The first kappa shape index (κ1) is 16.7. The molecule has 124 valence electrons. The molecule has 0 bridgehead atoms. The van der Waals surface area contributed by atoms with Crippen LogP contribution in [0.1, 0.15) is 17.5 Å². The molecule has 2 aromatic rings. The van der Waals surface area contributed by atoms with Crippen LogP contribution >= 0.6 is 15.9 Å². The van der Waals surface area contributed by atoms with Gasteiger partial charge in [-0.3, -0.25) is 9.59 Å². The Morgan fingerprint density at radius 2 is 2.00 bits per heavy atom. The Hall–Kier alpha value is -2.14. The van der Waals surface area contributed by atoms with Crippen molar-refractivity contribution in [2.24, 2.45) is 5.92 Å². The number of carbonyl (C=O) groups excluding carboxylic acids is 2. The lowest BCUT2D eigenvalue weighted by Gasteiger charge is -2.17. The number of hydrogen-bond acceptors (Lipinski definition) is 2. The van der Waals surface area contributed by atoms with Gasteiger partial charge in [-0.05, 0) is 55.3 Å².